The van der Waals surface area contributed by atoms with Gasteiger partial charge in [-0.15, -0.1) is 0 Å². The van der Waals surface area contributed by atoms with Crippen LogP contribution in [0.4, 0.5) is 0 Å². The minimum Gasteiger partial charge on any atom is -0.508 e. The molecule has 0 aliphatic heterocycles. The first-order valence-electron chi connectivity index (χ1n) is 16.0. The van der Waals surface area contributed by atoms with Crippen LogP contribution in [0.15, 0.2) is 109 Å². The lowest BCUT2D eigenvalue weighted by Crippen LogP contribution is -2.46. The van der Waals surface area contributed by atoms with Crippen molar-refractivity contribution < 1.29 is 29.9 Å². The van der Waals surface area contributed by atoms with Crippen LogP contribution >= 0.6 is 0 Å². The molecule has 0 heterocycles. The van der Waals surface area contributed by atoms with E-state index in [0.717, 1.165) is 24.0 Å². The highest BCUT2D eigenvalue weighted by Gasteiger charge is 2.22. The zero-order valence-electron chi connectivity index (χ0n) is 26.8. The van der Waals surface area contributed by atoms with Crippen LogP contribution in [0.5, 0.6) is 17.2 Å². The predicted octanol–water partition coefficient (Wildman–Crippen LogP) is 4.76. The molecule has 0 saturated heterocycles. The Balaban J connectivity index is 1.29. The van der Waals surface area contributed by atoms with Crippen LogP contribution in [0.3, 0.4) is 0 Å². The van der Waals surface area contributed by atoms with Crippen molar-refractivity contribution >= 4 is 0 Å². The third-order valence-electron chi connectivity index (χ3n) is 7.92. The van der Waals surface area contributed by atoms with E-state index in [1.54, 1.807) is 24.3 Å². The Kier molecular flexibility index (Phi) is 13.9. The number of aliphatic hydroxyl groups is 3. The number of hydrogen-bond donors (Lipinski definition) is 5. The van der Waals surface area contributed by atoms with Crippen LogP contribution in [0.2, 0.25) is 0 Å². The van der Waals surface area contributed by atoms with E-state index in [1.165, 1.54) is 5.56 Å². The Morgan fingerprint density at radius 1 is 0.630 bits per heavy atom. The van der Waals surface area contributed by atoms with Crippen molar-refractivity contribution in [3.05, 3.63) is 126 Å². The van der Waals surface area contributed by atoms with Crippen molar-refractivity contribution in [1.29, 1.82) is 0 Å². The fourth-order valence-electron chi connectivity index (χ4n) is 5.33. The standard InChI is InChI=1S/C38H48N2O6/c1-28(39-23-38(44)32-17-19-33(41)20-18-32)21-30-13-15-31(16-14-30)22-29(2)40(24-34(42)26-45-36-9-5-3-6-10-36)25-35(43)27-46-37-11-7-4-8-12-37/h3-20,28-29,34-35,38-39,41-44H,21-27H2,1-2H3. The molecule has 0 aromatic heterocycles. The summed E-state index contributed by atoms with van der Waals surface area (Å²) in [4.78, 5) is 2.09. The summed E-state index contributed by atoms with van der Waals surface area (Å²) in [7, 11) is 0. The average Bonchev–Trinajstić information content (AvgIpc) is 3.07. The lowest BCUT2D eigenvalue weighted by molar-refractivity contribution is 0.0167. The van der Waals surface area contributed by atoms with Crippen LogP contribution in [0, 0.1) is 0 Å². The van der Waals surface area contributed by atoms with E-state index in [-0.39, 0.29) is 31.0 Å². The monoisotopic (exact) mass is 628 g/mol. The molecule has 0 aliphatic rings. The highest BCUT2D eigenvalue weighted by molar-refractivity contribution is 5.28. The quantitative estimate of drug-likeness (QED) is 0.101. The van der Waals surface area contributed by atoms with E-state index in [2.05, 4.69) is 48.3 Å². The number of rotatable bonds is 19. The summed E-state index contributed by atoms with van der Waals surface area (Å²) in [5, 5.41) is 45.1. The summed E-state index contributed by atoms with van der Waals surface area (Å²) in [5.74, 6) is 1.59. The second-order valence-electron chi connectivity index (χ2n) is 12.0. The summed E-state index contributed by atoms with van der Waals surface area (Å²) in [6.07, 6.45) is -0.582. The normalized spacial score (nSPS) is 14.7. The highest BCUT2D eigenvalue weighted by Crippen LogP contribution is 2.18. The summed E-state index contributed by atoms with van der Waals surface area (Å²) in [6, 6.07) is 34.2. The molecule has 46 heavy (non-hydrogen) atoms. The van der Waals surface area contributed by atoms with E-state index >= 15 is 0 Å². The number of nitrogens with zero attached hydrogens (tertiary/aromatic N) is 1. The van der Waals surface area contributed by atoms with Crippen molar-refractivity contribution in [3.8, 4) is 17.2 Å². The van der Waals surface area contributed by atoms with Gasteiger partial charge in [-0.3, -0.25) is 4.90 Å². The SMILES string of the molecule is CC(Cc1ccc(CC(C)N(CC(O)COc2ccccc2)CC(O)COc2ccccc2)cc1)NCC(O)c1ccc(O)cc1. The molecule has 8 nitrogen and oxygen atoms in total. The Hall–Kier alpha value is -3.92. The first-order chi connectivity index (χ1) is 22.2. The van der Waals surface area contributed by atoms with E-state index in [1.807, 2.05) is 60.7 Å². The maximum atomic E-state index is 10.9. The van der Waals surface area contributed by atoms with Crippen molar-refractivity contribution in [2.75, 3.05) is 32.8 Å². The second-order valence-corrected chi connectivity index (χ2v) is 12.0. The minimum atomic E-state index is -0.742. The Labute approximate surface area is 272 Å². The number of phenolic OH excluding ortho intramolecular Hbond substituents is 1. The van der Waals surface area contributed by atoms with Gasteiger partial charge in [-0.25, -0.2) is 0 Å². The molecule has 4 aromatic carbocycles. The van der Waals surface area contributed by atoms with Crippen LogP contribution in [-0.4, -0.2) is 82.5 Å². The summed E-state index contributed by atoms with van der Waals surface area (Å²) >= 11 is 0. The fourth-order valence-corrected chi connectivity index (χ4v) is 5.33. The largest absolute Gasteiger partial charge is 0.508 e. The van der Waals surface area contributed by atoms with Gasteiger partial charge in [0.15, 0.2) is 0 Å². The molecule has 4 aromatic rings. The van der Waals surface area contributed by atoms with Gasteiger partial charge in [-0.05, 0) is 79.8 Å². The number of aliphatic hydroxyl groups excluding tert-OH is 3. The third kappa shape index (κ3) is 12.1. The van der Waals surface area contributed by atoms with Gasteiger partial charge in [0.05, 0.1) is 6.10 Å². The molecule has 5 atom stereocenters. The molecule has 0 bridgehead atoms. The Morgan fingerprint density at radius 3 is 1.61 bits per heavy atom. The number of phenols is 1. The molecule has 0 amide bonds. The summed E-state index contributed by atoms with van der Waals surface area (Å²) in [6.45, 7) is 5.60. The molecule has 0 saturated carbocycles. The number of benzene rings is 4. The van der Waals surface area contributed by atoms with Crippen LogP contribution in [-0.2, 0) is 12.8 Å². The zero-order valence-corrected chi connectivity index (χ0v) is 26.8. The van der Waals surface area contributed by atoms with Gasteiger partial charge in [-0.2, -0.15) is 0 Å². The van der Waals surface area contributed by atoms with Gasteiger partial charge < -0.3 is 35.2 Å². The topological polar surface area (TPSA) is 115 Å². The van der Waals surface area contributed by atoms with E-state index < -0.39 is 18.3 Å². The predicted molar refractivity (Wildman–Crippen MR) is 181 cm³/mol. The van der Waals surface area contributed by atoms with Crippen molar-refractivity contribution in [2.24, 2.45) is 0 Å². The van der Waals surface area contributed by atoms with E-state index in [4.69, 9.17) is 9.47 Å². The molecule has 4 rings (SSSR count). The van der Waals surface area contributed by atoms with Gasteiger partial charge in [0.25, 0.3) is 0 Å². The number of aromatic hydroxyl groups is 1. The molecule has 0 fully saturated rings. The number of nitrogens with one attached hydrogen (secondary N) is 1. The van der Waals surface area contributed by atoms with Crippen molar-refractivity contribution in [3.63, 3.8) is 0 Å². The molecule has 0 spiro atoms. The third-order valence-corrected chi connectivity index (χ3v) is 7.92. The summed E-state index contributed by atoms with van der Waals surface area (Å²) < 4.78 is 11.6. The van der Waals surface area contributed by atoms with E-state index in [0.29, 0.717) is 31.1 Å². The number of para-hydroxylation sites is 2. The molecular formula is C38H48N2O6. The molecular weight excluding hydrogens is 580 g/mol. The van der Waals surface area contributed by atoms with Crippen molar-refractivity contribution in [1.82, 2.24) is 10.2 Å². The lowest BCUT2D eigenvalue weighted by Gasteiger charge is -2.32. The van der Waals surface area contributed by atoms with Crippen LogP contribution in [0.1, 0.15) is 36.6 Å². The fraction of sp³-hybridized carbons (Fsp3) is 0.368. The lowest BCUT2D eigenvalue weighted by atomic mass is 10.0. The van der Waals surface area contributed by atoms with Crippen LogP contribution in [0.25, 0.3) is 0 Å². The van der Waals surface area contributed by atoms with Gasteiger partial charge in [-0.1, -0.05) is 72.8 Å². The minimum absolute atomic E-state index is 0.0329. The van der Waals surface area contributed by atoms with Gasteiger partial charge in [0, 0.05) is 31.7 Å². The molecule has 5 unspecified atom stereocenters. The molecule has 0 aliphatic carbocycles. The first kappa shape index (κ1) is 34.9. The van der Waals surface area contributed by atoms with Gasteiger partial charge >= 0.3 is 0 Å². The number of ether oxygens (including phenoxy) is 2. The maximum Gasteiger partial charge on any atom is 0.119 e. The van der Waals surface area contributed by atoms with E-state index in [9.17, 15) is 20.4 Å². The Morgan fingerprint density at radius 2 is 1.11 bits per heavy atom. The molecule has 5 N–H and O–H groups in total. The van der Waals surface area contributed by atoms with Gasteiger partial charge in [0.2, 0.25) is 0 Å². The highest BCUT2D eigenvalue weighted by atomic mass is 16.5. The molecule has 0 radical (unpaired) electrons. The maximum absolute atomic E-state index is 10.9. The van der Waals surface area contributed by atoms with Crippen LogP contribution < -0.4 is 14.8 Å². The second kappa shape index (κ2) is 18.3. The Bertz CT molecular complexity index is 1340. The molecule has 246 valence electrons. The first-order valence-corrected chi connectivity index (χ1v) is 16.0. The van der Waals surface area contributed by atoms with Crippen molar-refractivity contribution in [2.45, 2.75) is 57.1 Å². The summed E-state index contributed by atoms with van der Waals surface area (Å²) in [5.41, 5.74) is 3.11. The van der Waals surface area contributed by atoms with Gasteiger partial charge in [0.1, 0.15) is 42.7 Å². The average molecular weight is 629 g/mol. The molecule has 8 heteroatoms. The smallest absolute Gasteiger partial charge is 0.119 e. The zero-order chi connectivity index (χ0) is 32.7. The number of hydrogen-bond acceptors (Lipinski definition) is 8.